The van der Waals surface area contributed by atoms with E-state index in [0.29, 0.717) is 0 Å². The Morgan fingerprint density at radius 3 is 2.35 bits per heavy atom. The Bertz CT molecular complexity index is 597. The predicted molar refractivity (Wildman–Crippen MR) is 60.4 cm³/mol. The summed E-state index contributed by atoms with van der Waals surface area (Å²) >= 11 is 0. The van der Waals surface area contributed by atoms with Crippen LogP contribution in [0.3, 0.4) is 0 Å². The molecule has 0 fully saturated rings. The molecule has 0 unspecified atom stereocenters. The number of hydrogen-bond donors (Lipinski definition) is 1. The second kappa shape index (κ2) is 4.56. The third kappa shape index (κ3) is 2.54. The van der Waals surface area contributed by atoms with E-state index in [1.807, 2.05) is 19.9 Å². The Kier molecular flexibility index (Phi) is 2.95. The topological polar surface area (TPSA) is 99.8 Å². The number of aromatic nitrogens is 7. The molecule has 0 radical (unpaired) electrons. The fourth-order valence-electron chi connectivity index (χ4n) is 1.35. The summed E-state index contributed by atoms with van der Waals surface area (Å²) in [7, 11) is 0. The van der Waals surface area contributed by atoms with Gasteiger partial charge in [0.25, 0.3) is 0 Å². The molecule has 0 aliphatic carbocycles. The molecule has 2 N–H and O–H groups in total. The molecule has 88 valence electrons. The number of aryl methyl sites for hydroxylation is 2. The van der Waals surface area contributed by atoms with Crippen molar-refractivity contribution >= 4 is 5.65 Å². The summed E-state index contributed by atoms with van der Waals surface area (Å²) in [6.07, 6.45) is 4.44. The molecule has 8 nitrogen and oxygen atoms in total. The number of nitrogens with zero attached hydrogens (tertiary/aromatic N) is 7. The van der Waals surface area contributed by atoms with E-state index in [0.717, 1.165) is 16.9 Å². The molecule has 3 aromatic heterocycles. The molecule has 0 saturated heterocycles. The highest BCUT2D eigenvalue weighted by molar-refractivity contribution is 5.44. The highest BCUT2D eigenvalue weighted by Gasteiger charge is 1.99. The minimum absolute atomic E-state index is 0.829. The third-order valence-corrected chi connectivity index (χ3v) is 2.01. The second-order valence-electron chi connectivity index (χ2n) is 3.48. The predicted octanol–water partition coefficient (Wildman–Crippen LogP) is -0.267. The molecule has 3 aromatic rings. The van der Waals surface area contributed by atoms with Gasteiger partial charge in [-0.3, -0.25) is 0 Å². The molecule has 0 saturated carbocycles. The monoisotopic (exact) mass is 232 g/mol. The molecule has 0 atom stereocenters. The van der Waals surface area contributed by atoms with Gasteiger partial charge in [-0.15, -0.1) is 20.4 Å². The summed E-state index contributed by atoms with van der Waals surface area (Å²) in [5.41, 5.74) is 2.92. The van der Waals surface area contributed by atoms with E-state index >= 15 is 0 Å². The molecular weight excluding hydrogens is 220 g/mol. The van der Waals surface area contributed by atoms with Crippen molar-refractivity contribution in [3.8, 4) is 0 Å². The lowest BCUT2D eigenvalue weighted by Gasteiger charge is -1.96. The lowest BCUT2D eigenvalue weighted by atomic mass is 10.3. The molecule has 0 amide bonds. The maximum Gasteiger partial charge on any atom is 0.180 e. The quantitative estimate of drug-likeness (QED) is 0.536. The van der Waals surface area contributed by atoms with Gasteiger partial charge in [-0.05, 0) is 25.5 Å². The van der Waals surface area contributed by atoms with Crippen LogP contribution in [0.15, 0.2) is 25.0 Å². The average molecular weight is 232 g/mol. The lowest BCUT2D eigenvalue weighted by molar-refractivity contribution is 0.887. The Balaban J connectivity index is 0.000000153. The van der Waals surface area contributed by atoms with Gasteiger partial charge in [0.15, 0.2) is 5.65 Å². The van der Waals surface area contributed by atoms with Gasteiger partial charge in [-0.25, -0.2) is 9.19 Å². The zero-order chi connectivity index (χ0) is 12.3. The third-order valence-electron chi connectivity index (χ3n) is 2.01. The average Bonchev–Trinajstić information content (AvgIpc) is 2.89. The number of rotatable bonds is 0. The maximum absolute atomic E-state index is 5.07. The van der Waals surface area contributed by atoms with Gasteiger partial charge < -0.3 is 5.84 Å². The van der Waals surface area contributed by atoms with Crippen molar-refractivity contribution in [1.29, 1.82) is 0 Å². The molecule has 0 aliphatic rings. The number of nitrogen functional groups attached to an aromatic ring is 1. The van der Waals surface area contributed by atoms with Gasteiger partial charge in [0.05, 0.1) is 5.69 Å². The fraction of sp³-hybridized carbons (Fsp3) is 0.222. The van der Waals surface area contributed by atoms with Crippen LogP contribution in [0.5, 0.6) is 0 Å². The molecule has 8 heteroatoms. The molecule has 0 bridgehead atoms. The van der Waals surface area contributed by atoms with Gasteiger partial charge in [-0.2, -0.15) is 5.10 Å². The first kappa shape index (κ1) is 11.0. The van der Waals surface area contributed by atoms with Crippen molar-refractivity contribution in [2.45, 2.75) is 13.8 Å². The Hall–Kier alpha value is -2.51. The smallest absolute Gasteiger partial charge is 0.180 e. The van der Waals surface area contributed by atoms with Gasteiger partial charge >= 0.3 is 0 Å². The Morgan fingerprint density at radius 1 is 1.06 bits per heavy atom. The maximum atomic E-state index is 5.07. The molecule has 3 heterocycles. The molecule has 17 heavy (non-hydrogen) atoms. The van der Waals surface area contributed by atoms with Crippen LogP contribution in [0.25, 0.3) is 5.65 Å². The van der Waals surface area contributed by atoms with Gasteiger partial charge in [0.2, 0.25) is 0 Å². The van der Waals surface area contributed by atoms with Crippen LogP contribution in [0.1, 0.15) is 11.3 Å². The summed E-state index contributed by atoms with van der Waals surface area (Å²) in [4.78, 5) is 0. The summed E-state index contributed by atoms with van der Waals surface area (Å²) in [6.45, 7) is 3.95. The van der Waals surface area contributed by atoms with E-state index in [4.69, 9.17) is 5.84 Å². The molecule has 0 aliphatic heterocycles. The normalized spacial score (nSPS) is 10.0. The van der Waals surface area contributed by atoms with E-state index in [9.17, 15) is 0 Å². The van der Waals surface area contributed by atoms with Crippen LogP contribution in [-0.2, 0) is 0 Å². The zero-order valence-electron chi connectivity index (χ0n) is 9.52. The van der Waals surface area contributed by atoms with Crippen molar-refractivity contribution in [2.24, 2.45) is 0 Å². The van der Waals surface area contributed by atoms with E-state index in [-0.39, 0.29) is 0 Å². The number of hydrogen-bond acceptors (Lipinski definition) is 6. The van der Waals surface area contributed by atoms with Crippen molar-refractivity contribution < 1.29 is 0 Å². The first-order chi connectivity index (χ1) is 8.16. The van der Waals surface area contributed by atoms with Crippen LogP contribution < -0.4 is 5.84 Å². The summed E-state index contributed by atoms with van der Waals surface area (Å²) in [5.74, 6) is 5.07. The first-order valence-electron chi connectivity index (χ1n) is 4.91. The van der Waals surface area contributed by atoms with E-state index in [1.165, 1.54) is 17.3 Å². The van der Waals surface area contributed by atoms with E-state index < -0.39 is 0 Å². The SMILES string of the molecule is Cc1cc(C)c2nncn2n1.Nn1cnnc1. The minimum Gasteiger partial charge on any atom is -0.337 e. The molecule has 0 aromatic carbocycles. The Morgan fingerprint density at radius 2 is 1.76 bits per heavy atom. The fourth-order valence-corrected chi connectivity index (χ4v) is 1.35. The molecule has 3 rings (SSSR count). The van der Waals surface area contributed by atoms with Crippen LogP contribution in [0, 0.1) is 13.8 Å². The first-order valence-corrected chi connectivity index (χ1v) is 4.91. The zero-order valence-corrected chi connectivity index (χ0v) is 9.52. The van der Waals surface area contributed by atoms with Gasteiger partial charge in [0.1, 0.15) is 19.0 Å². The van der Waals surface area contributed by atoms with E-state index in [1.54, 1.807) is 10.8 Å². The van der Waals surface area contributed by atoms with Crippen molar-refractivity contribution in [1.82, 2.24) is 34.7 Å². The van der Waals surface area contributed by atoms with E-state index in [2.05, 4.69) is 25.5 Å². The van der Waals surface area contributed by atoms with Gasteiger partial charge in [-0.1, -0.05) is 0 Å². The van der Waals surface area contributed by atoms with Crippen molar-refractivity contribution in [3.63, 3.8) is 0 Å². The lowest BCUT2D eigenvalue weighted by Crippen LogP contribution is -2.02. The van der Waals surface area contributed by atoms with Crippen LogP contribution in [-0.4, -0.2) is 34.7 Å². The van der Waals surface area contributed by atoms with Crippen LogP contribution >= 0.6 is 0 Å². The van der Waals surface area contributed by atoms with Crippen LogP contribution in [0.2, 0.25) is 0 Å². The molecular formula is C9H12N8. The Labute approximate surface area is 97.1 Å². The number of nitrogens with two attached hydrogens (primary N) is 1. The number of fused-ring (bicyclic) bond motifs is 1. The standard InChI is InChI=1S/C7H8N4.C2H4N4/c1-5-3-6(2)10-11-4-8-9-7(5)11;3-6-1-4-5-2-6/h3-4H,1-2H3;1-2H,3H2. The van der Waals surface area contributed by atoms with Gasteiger partial charge in [0, 0.05) is 0 Å². The highest BCUT2D eigenvalue weighted by Crippen LogP contribution is 2.05. The van der Waals surface area contributed by atoms with Crippen molar-refractivity contribution in [2.75, 3.05) is 5.84 Å². The molecule has 0 spiro atoms. The summed E-state index contributed by atoms with van der Waals surface area (Å²) in [6, 6.07) is 1.99. The second-order valence-corrected chi connectivity index (χ2v) is 3.48. The van der Waals surface area contributed by atoms with Crippen LogP contribution in [0.4, 0.5) is 0 Å². The highest BCUT2D eigenvalue weighted by atomic mass is 15.4. The largest absolute Gasteiger partial charge is 0.337 e. The minimum atomic E-state index is 0.829. The van der Waals surface area contributed by atoms with Crippen molar-refractivity contribution in [3.05, 3.63) is 36.3 Å². The summed E-state index contributed by atoms with van der Waals surface area (Å²) < 4.78 is 2.96. The summed E-state index contributed by atoms with van der Waals surface area (Å²) in [5, 5.41) is 18.7.